The van der Waals surface area contributed by atoms with Crippen molar-refractivity contribution in [2.45, 2.75) is 26.2 Å². The number of methoxy groups -OCH3 is 1. The van der Waals surface area contributed by atoms with Crippen molar-refractivity contribution in [2.24, 2.45) is 0 Å². The van der Waals surface area contributed by atoms with Gasteiger partial charge in [0.05, 0.1) is 24.6 Å². The van der Waals surface area contributed by atoms with Crippen molar-refractivity contribution in [3.63, 3.8) is 0 Å². The summed E-state index contributed by atoms with van der Waals surface area (Å²) in [5, 5.41) is 5.62. The molecule has 0 fully saturated rings. The number of halogens is 1. The summed E-state index contributed by atoms with van der Waals surface area (Å²) in [4.78, 5) is 55.3. The van der Waals surface area contributed by atoms with Crippen LogP contribution in [0.2, 0.25) is 5.02 Å². The van der Waals surface area contributed by atoms with Crippen LogP contribution in [0.4, 0.5) is 0 Å². The topological polar surface area (TPSA) is 107 Å². The molecule has 1 aromatic heterocycles. The molecule has 0 radical (unpaired) electrons. The predicted octanol–water partition coefficient (Wildman–Crippen LogP) is 5.01. The molecule has 1 amide bonds. The van der Waals surface area contributed by atoms with Crippen LogP contribution in [0, 0.1) is 6.92 Å². The maximum Gasteiger partial charge on any atom is 0.357 e. The average molecular weight is 590 g/mol. The van der Waals surface area contributed by atoms with Crippen molar-refractivity contribution >= 4 is 46.6 Å². The number of nitrogens with one attached hydrogen (secondary N) is 1. The minimum absolute atomic E-state index is 0.0498. The fraction of sp³-hybridized carbons (Fsp3) is 0.250. The number of hydroxylamine groups is 2. The smallest absolute Gasteiger partial charge is 0.357 e. The van der Waals surface area contributed by atoms with Crippen LogP contribution in [-0.2, 0) is 20.8 Å². The molecule has 0 saturated carbocycles. The number of fused-ring (bicyclic) bond motifs is 1. The molecule has 42 heavy (non-hydrogen) atoms. The Kier molecular flexibility index (Phi) is 10.5. The number of aldehydes is 1. The van der Waals surface area contributed by atoms with E-state index >= 15 is 0 Å². The van der Waals surface area contributed by atoms with Crippen molar-refractivity contribution in [1.82, 2.24) is 14.9 Å². The van der Waals surface area contributed by atoms with Crippen LogP contribution in [0.25, 0.3) is 10.9 Å². The van der Waals surface area contributed by atoms with E-state index in [1.165, 1.54) is 5.06 Å². The van der Waals surface area contributed by atoms with Gasteiger partial charge in [0.1, 0.15) is 12.0 Å². The fourth-order valence-electron chi connectivity index (χ4n) is 4.65. The van der Waals surface area contributed by atoms with Crippen LogP contribution in [0.15, 0.2) is 72.8 Å². The van der Waals surface area contributed by atoms with Crippen molar-refractivity contribution in [3.05, 3.63) is 100 Å². The van der Waals surface area contributed by atoms with Crippen LogP contribution in [0.1, 0.15) is 44.8 Å². The molecule has 1 N–H and O–H groups in total. The molecular formula is C32H32ClN3O6. The number of hydrogen-bond donors (Lipinski definition) is 1. The van der Waals surface area contributed by atoms with Gasteiger partial charge in [-0.15, -0.1) is 5.06 Å². The number of amides is 1. The summed E-state index contributed by atoms with van der Waals surface area (Å²) in [5.41, 5.74) is 2.91. The summed E-state index contributed by atoms with van der Waals surface area (Å²) in [6.45, 7) is 2.72. The number of benzene rings is 3. The van der Waals surface area contributed by atoms with Crippen molar-refractivity contribution < 1.29 is 28.8 Å². The summed E-state index contributed by atoms with van der Waals surface area (Å²) in [7, 11) is 1.56. The molecule has 4 rings (SSSR count). The Labute approximate surface area is 248 Å². The zero-order chi connectivity index (χ0) is 30.1. The number of carbonyl (C=O) groups excluding carboxylic acids is 4. The first-order valence-electron chi connectivity index (χ1n) is 13.5. The highest BCUT2D eigenvalue weighted by molar-refractivity contribution is 6.30. The molecule has 9 nitrogen and oxygen atoms in total. The monoisotopic (exact) mass is 589 g/mol. The molecular weight excluding hydrogens is 558 g/mol. The Morgan fingerprint density at radius 2 is 1.71 bits per heavy atom. The van der Waals surface area contributed by atoms with Gasteiger partial charge in [-0.25, -0.2) is 4.79 Å². The number of hydrogen-bond acceptors (Lipinski definition) is 7. The highest BCUT2D eigenvalue weighted by Gasteiger charge is 2.22. The molecule has 0 spiro atoms. The third kappa shape index (κ3) is 7.43. The molecule has 3 aromatic carbocycles. The highest BCUT2D eigenvalue weighted by Crippen LogP contribution is 2.31. The predicted molar refractivity (Wildman–Crippen MR) is 160 cm³/mol. The second-order valence-corrected chi connectivity index (χ2v) is 10.0. The SMILES string of the molecule is COc1ccc2c(c1)c(CC(=O)NCCCN(CCC=O)OC(=O)c1ccccc1)c(C)n2C(=O)c1ccc(Cl)cc1. The van der Waals surface area contributed by atoms with Gasteiger partial charge in [0.25, 0.3) is 5.91 Å². The van der Waals surface area contributed by atoms with Crippen LogP contribution in [0.3, 0.4) is 0 Å². The fourth-order valence-corrected chi connectivity index (χ4v) is 4.77. The summed E-state index contributed by atoms with van der Waals surface area (Å²) < 4.78 is 7.01. The lowest BCUT2D eigenvalue weighted by Gasteiger charge is -2.20. The van der Waals surface area contributed by atoms with Crippen molar-refractivity contribution in [3.8, 4) is 5.75 Å². The largest absolute Gasteiger partial charge is 0.497 e. The zero-order valence-electron chi connectivity index (χ0n) is 23.5. The Morgan fingerprint density at radius 1 is 0.976 bits per heavy atom. The molecule has 0 unspecified atom stereocenters. The summed E-state index contributed by atoms with van der Waals surface area (Å²) in [6.07, 6.45) is 1.50. The van der Waals surface area contributed by atoms with E-state index in [9.17, 15) is 19.2 Å². The minimum atomic E-state index is -0.513. The quantitative estimate of drug-likeness (QED) is 0.133. The van der Waals surface area contributed by atoms with E-state index in [0.29, 0.717) is 58.2 Å². The molecule has 0 atom stereocenters. The molecule has 1 heterocycles. The number of carbonyl (C=O) groups is 4. The van der Waals surface area contributed by atoms with Crippen molar-refractivity contribution in [2.75, 3.05) is 26.7 Å². The van der Waals surface area contributed by atoms with E-state index in [4.69, 9.17) is 21.2 Å². The minimum Gasteiger partial charge on any atom is -0.497 e. The highest BCUT2D eigenvalue weighted by atomic mass is 35.5. The lowest BCUT2D eigenvalue weighted by atomic mass is 10.1. The van der Waals surface area contributed by atoms with E-state index in [2.05, 4.69) is 5.32 Å². The zero-order valence-corrected chi connectivity index (χ0v) is 24.2. The van der Waals surface area contributed by atoms with Crippen LogP contribution in [-0.4, -0.2) is 60.4 Å². The number of rotatable bonds is 13. The molecule has 218 valence electrons. The second-order valence-electron chi connectivity index (χ2n) is 9.60. The Bertz CT molecular complexity index is 1570. The first kappa shape index (κ1) is 30.5. The maximum absolute atomic E-state index is 13.5. The number of nitrogens with zero attached hydrogens (tertiary/aromatic N) is 2. The van der Waals surface area contributed by atoms with Crippen LogP contribution in [0.5, 0.6) is 5.75 Å². The van der Waals surface area contributed by atoms with Gasteiger partial charge < -0.3 is 19.7 Å². The summed E-state index contributed by atoms with van der Waals surface area (Å²) in [5.74, 6) is -0.354. The lowest BCUT2D eigenvalue weighted by molar-refractivity contribution is -0.122. The van der Waals surface area contributed by atoms with Crippen molar-refractivity contribution in [1.29, 1.82) is 0 Å². The lowest BCUT2D eigenvalue weighted by Crippen LogP contribution is -2.33. The van der Waals surface area contributed by atoms with Gasteiger partial charge in [0.2, 0.25) is 5.91 Å². The maximum atomic E-state index is 13.5. The Hall–Kier alpha value is -4.47. The van der Waals surface area contributed by atoms with Gasteiger partial charge in [0.15, 0.2) is 0 Å². The first-order chi connectivity index (χ1) is 20.3. The van der Waals surface area contributed by atoms with E-state index < -0.39 is 5.97 Å². The second kappa shape index (κ2) is 14.4. The summed E-state index contributed by atoms with van der Waals surface area (Å²) >= 11 is 6.01. The van der Waals surface area contributed by atoms with Gasteiger partial charge in [-0.2, -0.15) is 0 Å². The summed E-state index contributed by atoms with van der Waals surface area (Å²) in [6, 6.07) is 20.7. The molecule has 0 aliphatic rings. The van der Waals surface area contributed by atoms with Gasteiger partial charge in [0, 0.05) is 47.7 Å². The Morgan fingerprint density at radius 3 is 2.40 bits per heavy atom. The van der Waals surface area contributed by atoms with Gasteiger partial charge in [-0.05, 0) is 73.5 Å². The van der Waals surface area contributed by atoms with Gasteiger partial charge in [-0.3, -0.25) is 14.2 Å². The normalized spacial score (nSPS) is 11.0. The third-order valence-electron chi connectivity index (χ3n) is 6.80. The molecule has 0 aliphatic heterocycles. The van der Waals surface area contributed by atoms with Crippen LogP contribution >= 0.6 is 11.6 Å². The van der Waals surface area contributed by atoms with E-state index in [-0.39, 0.29) is 31.2 Å². The molecule has 4 aromatic rings. The third-order valence-corrected chi connectivity index (χ3v) is 7.05. The van der Waals surface area contributed by atoms with E-state index in [1.807, 2.05) is 13.0 Å². The molecule has 0 bridgehead atoms. The number of ether oxygens (including phenoxy) is 1. The average Bonchev–Trinajstić information content (AvgIpc) is 3.27. The number of aromatic nitrogens is 1. The van der Waals surface area contributed by atoms with Gasteiger partial charge in [-0.1, -0.05) is 29.8 Å². The first-order valence-corrected chi connectivity index (χ1v) is 13.9. The van der Waals surface area contributed by atoms with Crippen LogP contribution < -0.4 is 10.1 Å². The molecule has 10 heteroatoms. The standard InChI is InChI=1S/C32H32ClN3O6/c1-22-27(28-20-26(41-2)14-15-29(28)36(22)31(39)23-10-12-25(33)13-11-23)21-30(38)34-16-6-17-35(18-7-19-37)42-32(40)24-8-4-3-5-9-24/h3-5,8-15,19-20H,6-7,16-18,21H2,1-2H3,(H,34,38). The molecule has 0 saturated heterocycles. The Balaban J connectivity index is 1.43. The van der Waals surface area contributed by atoms with E-state index in [1.54, 1.807) is 78.4 Å². The van der Waals surface area contributed by atoms with Gasteiger partial charge >= 0.3 is 5.97 Å². The molecule has 0 aliphatic carbocycles. The van der Waals surface area contributed by atoms with E-state index in [0.717, 1.165) is 11.7 Å².